The van der Waals surface area contributed by atoms with E-state index in [4.69, 9.17) is 16.3 Å². The van der Waals surface area contributed by atoms with E-state index in [9.17, 15) is 8.42 Å². The van der Waals surface area contributed by atoms with Crippen molar-refractivity contribution < 1.29 is 13.2 Å². The number of nitrogens with zero attached hydrogens (tertiary/aromatic N) is 1. The van der Waals surface area contributed by atoms with Gasteiger partial charge in [-0.25, -0.2) is 8.42 Å². The van der Waals surface area contributed by atoms with Crippen molar-refractivity contribution in [3.05, 3.63) is 76.6 Å². The lowest BCUT2D eigenvalue weighted by Crippen LogP contribution is -2.30. The highest BCUT2D eigenvalue weighted by atomic mass is 35.5. The van der Waals surface area contributed by atoms with E-state index in [1.165, 1.54) is 22.8 Å². The number of halogens is 1. The minimum absolute atomic E-state index is 0.111. The van der Waals surface area contributed by atoms with E-state index >= 15 is 0 Å². The average Bonchev–Trinajstić information content (AvgIpc) is 3.16. The van der Waals surface area contributed by atoms with Gasteiger partial charge in [-0.1, -0.05) is 48.0 Å². The molecule has 4 nitrogen and oxygen atoms in total. The summed E-state index contributed by atoms with van der Waals surface area (Å²) in [6.07, 6.45) is 0. The van der Waals surface area contributed by atoms with Gasteiger partial charge in [0.05, 0.1) is 19.3 Å². The molecule has 1 aromatic heterocycles. The summed E-state index contributed by atoms with van der Waals surface area (Å²) < 4.78 is 33.4. The molecular weight excluding hydrogens is 378 g/mol. The lowest BCUT2D eigenvalue weighted by atomic mass is 10.2. The van der Waals surface area contributed by atoms with Crippen molar-refractivity contribution >= 4 is 38.6 Å². The molecule has 25 heavy (non-hydrogen) atoms. The van der Waals surface area contributed by atoms with E-state index in [0.29, 0.717) is 16.5 Å². The summed E-state index contributed by atoms with van der Waals surface area (Å²) in [5, 5.41) is 2.26. The number of para-hydroxylation sites is 2. The second kappa shape index (κ2) is 7.47. The minimum atomic E-state index is -3.75. The molecule has 0 radical (unpaired) electrons. The van der Waals surface area contributed by atoms with Crippen molar-refractivity contribution in [3.8, 4) is 5.75 Å². The zero-order valence-corrected chi connectivity index (χ0v) is 15.8. The lowest BCUT2D eigenvalue weighted by Gasteiger charge is -2.25. The molecule has 1 heterocycles. The van der Waals surface area contributed by atoms with Gasteiger partial charge in [0, 0.05) is 5.02 Å². The predicted molar refractivity (Wildman–Crippen MR) is 102 cm³/mol. The molecule has 0 unspecified atom stereocenters. The van der Waals surface area contributed by atoms with E-state index in [-0.39, 0.29) is 10.8 Å². The van der Waals surface area contributed by atoms with Crippen LogP contribution in [0.4, 0.5) is 5.69 Å². The van der Waals surface area contributed by atoms with Gasteiger partial charge in [0.2, 0.25) is 0 Å². The highest BCUT2D eigenvalue weighted by molar-refractivity contribution is 7.94. The molecule has 0 N–H and O–H groups in total. The minimum Gasteiger partial charge on any atom is -0.495 e. The highest BCUT2D eigenvalue weighted by Gasteiger charge is 2.28. The van der Waals surface area contributed by atoms with Crippen LogP contribution in [0.3, 0.4) is 0 Å². The van der Waals surface area contributed by atoms with Crippen molar-refractivity contribution in [1.29, 1.82) is 0 Å². The van der Waals surface area contributed by atoms with Crippen LogP contribution in [-0.2, 0) is 16.6 Å². The maximum Gasteiger partial charge on any atom is 0.274 e. The Balaban J connectivity index is 2.14. The highest BCUT2D eigenvalue weighted by Crippen LogP contribution is 2.35. The summed E-state index contributed by atoms with van der Waals surface area (Å²) in [6.45, 7) is 0.111. The van der Waals surface area contributed by atoms with Crippen molar-refractivity contribution in [2.45, 2.75) is 10.8 Å². The zero-order valence-electron chi connectivity index (χ0n) is 13.4. The number of hydrogen-bond acceptors (Lipinski definition) is 4. The van der Waals surface area contributed by atoms with Crippen molar-refractivity contribution in [2.75, 3.05) is 11.4 Å². The Morgan fingerprint density at radius 1 is 1.04 bits per heavy atom. The van der Waals surface area contributed by atoms with E-state index < -0.39 is 10.0 Å². The predicted octanol–water partition coefficient (Wildman–Crippen LogP) is 4.81. The molecule has 0 aliphatic heterocycles. The largest absolute Gasteiger partial charge is 0.495 e. The van der Waals surface area contributed by atoms with E-state index in [2.05, 4.69) is 0 Å². The van der Waals surface area contributed by atoms with Crippen LogP contribution in [-0.4, -0.2) is 15.5 Å². The first-order valence-corrected chi connectivity index (χ1v) is 10.2. The van der Waals surface area contributed by atoms with E-state index in [1.807, 2.05) is 18.2 Å². The zero-order chi connectivity index (χ0) is 17.9. The molecule has 0 amide bonds. The Hall–Kier alpha value is -2.02. The van der Waals surface area contributed by atoms with Crippen LogP contribution in [0.2, 0.25) is 5.02 Å². The fourth-order valence-corrected chi connectivity index (χ4v) is 5.19. The van der Waals surface area contributed by atoms with Crippen LogP contribution >= 0.6 is 22.9 Å². The molecular formula is C18H16ClNO3S2. The number of hydrogen-bond donors (Lipinski definition) is 0. The second-order valence-electron chi connectivity index (χ2n) is 5.21. The summed E-state index contributed by atoms with van der Waals surface area (Å²) in [4.78, 5) is 0. The molecule has 0 spiro atoms. The first kappa shape index (κ1) is 17.8. The Bertz CT molecular complexity index is 956. The molecule has 0 bridgehead atoms. The van der Waals surface area contributed by atoms with Crippen molar-refractivity contribution in [1.82, 2.24) is 0 Å². The van der Waals surface area contributed by atoms with Gasteiger partial charge in [-0.3, -0.25) is 4.31 Å². The quantitative estimate of drug-likeness (QED) is 0.604. The fraction of sp³-hybridized carbons (Fsp3) is 0.111. The summed E-state index contributed by atoms with van der Waals surface area (Å²) in [5.41, 5.74) is 1.19. The van der Waals surface area contributed by atoms with Gasteiger partial charge in [0.15, 0.2) is 0 Å². The molecule has 0 atom stereocenters. The van der Waals surface area contributed by atoms with E-state index in [0.717, 1.165) is 5.56 Å². The molecule has 0 aliphatic carbocycles. The maximum atomic E-state index is 13.2. The van der Waals surface area contributed by atoms with Crippen LogP contribution in [0.1, 0.15) is 5.56 Å². The van der Waals surface area contributed by atoms with Crippen LogP contribution in [0.5, 0.6) is 5.75 Å². The number of sulfonamides is 1. The molecule has 3 aromatic rings. The van der Waals surface area contributed by atoms with Crippen LogP contribution in [0.25, 0.3) is 0 Å². The Morgan fingerprint density at radius 2 is 1.76 bits per heavy atom. The number of thiophene rings is 1. The normalized spacial score (nSPS) is 11.3. The summed E-state index contributed by atoms with van der Waals surface area (Å²) in [5.74, 6) is 0.481. The van der Waals surface area contributed by atoms with Crippen molar-refractivity contribution in [3.63, 3.8) is 0 Å². The average molecular weight is 394 g/mol. The van der Waals surface area contributed by atoms with Gasteiger partial charge in [0.25, 0.3) is 10.0 Å². The molecule has 0 saturated heterocycles. The summed E-state index contributed by atoms with van der Waals surface area (Å²) >= 11 is 7.43. The molecule has 3 rings (SSSR count). The number of rotatable bonds is 6. The summed E-state index contributed by atoms with van der Waals surface area (Å²) in [6, 6.07) is 17.5. The van der Waals surface area contributed by atoms with Gasteiger partial charge in [0.1, 0.15) is 9.96 Å². The first-order chi connectivity index (χ1) is 12.0. The molecule has 0 fully saturated rings. The SMILES string of the molecule is COc1ccccc1N(Cc1ccccc1Cl)S(=O)(=O)c1cccs1. The smallest absolute Gasteiger partial charge is 0.274 e. The first-order valence-electron chi connectivity index (χ1n) is 7.46. The van der Waals surface area contributed by atoms with Gasteiger partial charge in [-0.05, 0) is 35.2 Å². The molecule has 130 valence electrons. The fourth-order valence-electron chi connectivity index (χ4n) is 2.44. The number of anilines is 1. The number of benzene rings is 2. The third-order valence-electron chi connectivity index (χ3n) is 3.67. The van der Waals surface area contributed by atoms with Gasteiger partial charge < -0.3 is 4.74 Å². The summed E-state index contributed by atoms with van der Waals surface area (Å²) in [7, 11) is -2.23. The topological polar surface area (TPSA) is 46.6 Å². The number of methoxy groups -OCH3 is 1. The lowest BCUT2D eigenvalue weighted by molar-refractivity contribution is 0.415. The third-order valence-corrected chi connectivity index (χ3v) is 7.17. The standard InChI is InChI=1S/C18H16ClNO3S2/c1-23-17-10-5-4-9-16(17)20(13-14-7-2-3-8-15(14)19)25(21,22)18-11-6-12-24-18/h2-12H,13H2,1H3. The Kier molecular flexibility index (Phi) is 5.32. The molecule has 7 heteroatoms. The molecule has 0 aliphatic rings. The molecule has 0 saturated carbocycles. The monoisotopic (exact) mass is 393 g/mol. The van der Waals surface area contributed by atoms with Crippen LogP contribution < -0.4 is 9.04 Å². The third kappa shape index (κ3) is 3.66. The van der Waals surface area contributed by atoms with Crippen molar-refractivity contribution in [2.24, 2.45) is 0 Å². The van der Waals surface area contributed by atoms with Gasteiger partial charge >= 0.3 is 0 Å². The molecule has 2 aromatic carbocycles. The van der Waals surface area contributed by atoms with Crippen LogP contribution in [0.15, 0.2) is 70.3 Å². The number of ether oxygens (including phenoxy) is 1. The Morgan fingerprint density at radius 3 is 2.44 bits per heavy atom. The maximum absolute atomic E-state index is 13.2. The van der Waals surface area contributed by atoms with Gasteiger partial charge in [-0.2, -0.15) is 0 Å². The van der Waals surface area contributed by atoms with Crippen LogP contribution in [0, 0.1) is 0 Å². The second-order valence-corrected chi connectivity index (χ2v) is 8.65. The van der Waals surface area contributed by atoms with E-state index in [1.54, 1.807) is 47.8 Å². The Labute approximate surface area is 156 Å². The van der Waals surface area contributed by atoms with Gasteiger partial charge in [-0.15, -0.1) is 11.3 Å².